The van der Waals surface area contributed by atoms with E-state index < -0.39 is 31.7 Å². The van der Waals surface area contributed by atoms with Crippen molar-refractivity contribution in [2.24, 2.45) is 0 Å². The van der Waals surface area contributed by atoms with Crippen molar-refractivity contribution < 1.29 is 18.7 Å². The third-order valence-corrected chi connectivity index (χ3v) is 9.49. The summed E-state index contributed by atoms with van der Waals surface area (Å²) in [5.41, 5.74) is -2.20. The Balaban J connectivity index is 3.56. The molecule has 1 aromatic rings. The Labute approximate surface area is 181 Å². The Morgan fingerprint density at radius 1 is 1.10 bits per heavy atom. The van der Waals surface area contributed by atoms with Gasteiger partial charge in [-0.05, 0) is 56.6 Å². The molecule has 0 aliphatic carbocycles. The number of carbonyl (C=O) groups excluding carboxylic acids is 1. The van der Waals surface area contributed by atoms with Crippen LogP contribution in [0.1, 0.15) is 53.1 Å². The fourth-order valence-corrected chi connectivity index (χ4v) is 3.80. The first-order valence-electron chi connectivity index (χ1n) is 9.77. The quantitative estimate of drug-likeness (QED) is 0.631. The molecule has 0 aliphatic heterocycles. The molecule has 0 aliphatic rings. The molecule has 7 nitrogen and oxygen atoms in total. The average Bonchev–Trinajstić information content (AvgIpc) is 2.62. The second-order valence-electron chi connectivity index (χ2n) is 9.68. The molecule has 0 spiro atoms. The lowest BCUT2D eigenvalue weighted by atomic mass is 9.91. The lowest BCUT2D eigenvalue weighted by molar-refractivity contribution is 0.0411. The Hall–Kier alpha value is -2.55. The van der Waals surface area contributed by atoms with Crippen molar-refractivity contribution in [1.29, 1.82) is 10.5 Å². The van der Waals surface area contributed by atoms with Gasteiger partial charge in [-0.25, -0.2) is 4.79 Å². The molecule has 1 atom stereocenters. The van der Waals surface area contributed by atoms with Crippen LogP contribution in [-0.2, 0) is 9.16 Å². The highest BCUT2D eigenvalue weighted by molar-refractivity contribution is 6.74. The minimum absolute atomic E-state index is 0.253. The Bertz CT molecular complexity index is 828. The maximum atomic E-state index is 12.6. The third kappa shape index (κ3) is 6.22. The molecule has 30 heavy (non-hydrogen) atoms. The molecule has 0 fully saturated rings. The molecule has 1 N–H and O–H groups in total. The second-order valence-corrected chi connectivity index (χ2v) is 14.4. The Morgan fingerprint density at radius 3 is 2.10 bits per heavy atom. The number of amides is 1. The van der Waals surface area contributed by atoms with E-state index >= 15 is 0 Å². The van der Waals surface area contributed by atoms with Crippen LogP contribution in [0.25, 0.3) is 0 Å². The van der Waals surface area contributed by atoms with E-state index in [1.807, 2.05) is 46.0 Å². The van der Waals surface area contributed by atoms with Gasteiger partial charge >= 0.3 is 6.09 Å². The molecule has 164 valence electrons. The number of nitrogens with one attached hydrogen (secondary N) is 1. The molecule has 0 bridgehead atoms. The Morgan fingerprint density at radius 2 is 1.67 bits per heavy atom. The minimum atomic E-state index is -2.57. The van der Waals surface area contributed by atoms with Gasteiger partial charge in [-0.2, -0.15) is 10.5 Å². The number of hydrogen-bond donors (Lipinski definition) is 1. The van der Waals surface area contributed by atoms with Gasteiger partial charge in [-0.15, -0.1) is 0 Å². The first-order chi connectivity index (χ1) is 13.6. The molecule has 0 unspecified atom stereocenters. The summed E-state index contributed by atoms with van der Waals surface area (Å²) in [6.45, 7) is 15.2. The van der Waals surface area contributed by atoms with Crippen LogP contribution >= 0.6 is 0 Å². The van der Waals surface area contributed by atoms with E-state index in [9.17, 15) is 15.3 Å². The van der Waals surface area contributed by atoms with Gasteiger partial charge in [-0.3, -0.25) is 0 Å². The number of carbonyl (C=O) groups is 1. The van der Waals surface area contributed by atoms with Gasteiger partial charge in [0.2, 0.25) is 0 Å². The van der Waals surface area contributed by atoms with Crippen LogP contribution in [0.3, 0.4) is 0 Å². The Kier molecular flexibility index (Phi) is 7.71. The number of benzene rings is 1. The van der Waals surface area contributed by atoms with Crippen LogP contribution in [0.15, 0.2) is 24.3 Å². The van der Waals surface area contributed by atoms with E-state index in [0.29, 0.717) is 11.3 Å². The van der Waals surface area contributed by atoms with Gasteiger partial charge in [0, 0.05) is 0 Å². The monoisotopic (exact) mass is 431 g/mol. The van der Waals surface area contributed by atoms with E-state index in [1.165, 1.54) is 7.11 Å². The molecule has 1 amide bonds. The van der Waals surface area contributed by atoms with Crippen LogP contribution in [0.5, 0.6) is 5.75 Å². The maximum Gasteiger partial charge on any atom is 0.408 e. The topological polar surface area (TPSA) is 104 Å². The number of alkyl carbamates (subject to hydrolysis) is 1. The van der Waals surface area contributed by atoms with Gasteiger partial charge in [0.1, 0.15) is 29.5 Å². The van der Waals surface area contributed by atoms with Crippen molar-refractivity contribution in [3.8, 4) is 17.9 Å². The van der Waals surface area contributed by atoms with Crippen LogP contribution in [0, 0.1) is 22.7 Å². The van der Waals surface area contributed by atoms with Crippen LogP contribution in [0.4, 0.5) is 4.79 Å². The first kappa shape index (κ1) is 25.5. The third-order valence-electron chi connectivity index (χ3n) is 5.05. The second kappa shape index (κ2) is 9.07. The van der Waals surface area contributed by atoms with Crippen LogP contribution in [-0.4, -0.2) is 32.7 Å². The van der Waals surface area contributed by atoms with Crippen molar-refractivity contribution in [1.82, 2.24) is 5.32 Å². The van der Waals surface area contributed by atoms with Crippen molar-refractivity contribution in [2.45, 2.75) is 76.9 Å². The highest BCUT2D eigenvalue weighted by Gasteiger charge is 2.51. The summed E-state index contributed by atoms with van der Waals surface area (Å²) in [5, 5.41) is 22.7. The van der Waals surface area contributed by atoms with E-state index in [-0.39, 0.29) is 5.04 Å². The summed E-state index contributed by atoms with van der Waals surface area (Å²) in [4.78, 5) is 12.6. The van der Waals surface area contributed by atoms with Gasteiger partial charge in [0.05, 0.1) is 7.11 Å². The first-order valence-corrected chi connectivity index (χ1v) is 12.7. The zero-order chi connectivity index (χ0) is 23.4. The number of nitrogens with zero attached hydrogens (tertiary/aromatic N) is 2. The molecule has 0 saturated carbocycles. The van der Waals surface area contributed by atoms with Gasteiger partial charge in [0.25, 0.3) is 5.60 Å². The van der Waals surface area contributed by atoms with Gasteiger partial charge in [0.15, 0.2) is 8.32 Å². The normalized spacial score (nSPS) is 13.6. The van der Waals surface area contributed by atoms with Crippen molar-refractivity contribution in [3.05, 3.63) is 29.8 Å². The van der Waals surface area contributed by atoms with E-state index in [1.54, 1.807) is 45.0 Å². The maximum absolute atomic E-state index is 12.6. The van der Waals surface area contributed by atoms with E-state index in [4.69, 9.17) is 13.9 Å². The minimum Gasteiger partial charge on any atom is -0.497 e. The summed E-state index contributed by atoms with van der Waals surface area (Å²) >= 11 is 0. The molecule has 8 heteroatoms. The number of nitriles is 2. The predicted molar refractivity (Wildman–Crippen MR) is 117 cm³/mol. The van der Waals surface area contributed by atoms with Crippen LogP contribution in [0.2, 0.25) is 18.1 Å². The smallest absolute Gasteiger partial charge is 0.408 e. The molecule has 0 heterocycles. The van der Waals surface area contributed by atoms with E-state index in [2.05, 4.69) is 5.32 Å². The zero-order valence-corrected chi connectivity index (χ0v) is 20.4. The summed E-state index contributed by atoms with van der Waals surface area (Å²) in [5.74, 6) is 0.528. The number of ether oxygens (including phenoxy) is 2. The molecule has 0 aromatic heterocycles. The standard InChI is InChI=1S/C22H33N3O4Si/c1-20(2,3)28-19(26)25-18(16-11-10-12-17(13-16)27-7)22(14-23,15-24)29-30(8,9)21(4,5)6/h10-13,18H,1-9H3,(H,25,26)/t18-/m1/s1. The van der Waals surface area contributed by atoms with Crippen molar-refractivity contribution in [3.63, 3.8) is 0 Å². The highest BCUT2D eigenvalue weighted by Crippen LogP contribution is 2.42. The predicted octanol–water partition coefficient (Wildman–Crippen LogP) is 5.07. The fraction of sp³-hybridized carbons (Fsp3) is 0.591. The molecule has 1 rings (SSSR count). The molecular formula is C22H33N3O4Si. The summed E-state index contributed by atoms with van der Waals surface area (Å²) < 4.78 is 17.0. The summed E-state index contributed by atoms with van der Waals surface area (Å²) in [7, 11) is -1.05. The lowest BCUT2D eigenvalue weighted by Crippen LogP contribution is -2.55. The fourth-order valence-electron chi connectivity index (χ4n) is 2.48. The summed E-state index contributed by atoms with van der Waals surface area (Å²) in [6, 6.07) is 9.83. The van der Waals surface area contributed by atoms with Gasteiger partial charge in [-0.1, -0.05) is 32.9 Å². The van der Waals surface area contributed by atoms with E-state index in [0.717, 1.165) is 0 Å². The van der Waals surface area contributed by atoms with Crippen LogP contribution < -0.4 is 10.1 Å². The highest BCUT2D eigenvalue weighted by atomic mass is 28.4. The number of rotatable bonds is 6. The SMILES string of the molecule is COc1cccc([C@@H](NC(=O)OC(C)(C)C)C(C#N)(C#N)O[Si](C)(C)C(C)(C)C)c1. The largest absolute Gasteiger partial charge is 0.497 e. The lowest BCUT2D eigenvalue weighted by Gasteiger charge is -2.42. The number of methoxy groups -OCH3 is 1. The average molecular weight is 432 g/mol. The summed E-state index contributed by atoms with van der Waals surface area (Å²) in [6.07, 6.45) is -0.746. The number of hydrogen-bond acceptors (Lipinski definition) is 6. The molecule has 0 saturated heterocycles. The van der Waals surface area contributed by atoms with Crippen molar-refractivity contribution in [2.75, 3.05) is 7.11 Å². The molecule has 0 radical (unpaired) electrons. The molecule has 1 aromatic carbocycles. The van der Waals surface area contributed by atoms with Gasteiger partial charge < -0.3 is 19.2 Å². The zero-order valence-electron chi connectivity index (χ0n) is 19.4. The molecular weight excluding hydrogens is 398 g/mol. The van der Waals surface area contributed by atoms with Crippen molar-refractivity contribution >= 4 is 14.4 Å².